The van der Waals surface area contributed by atoms with Crippen molar-refractivity contribution in [3.8, 4) is 0 Å². The van der Waals surface area contributed by atoms with Crippen LogP contribution in [0.4, 0.5) is 18.9 Å². The second kappa shape index (κ2) is 4.17. The lowest BCUT2D eigenvalue weighted by Gasteiger charge is -2.07. The Hall–Kier alpha value is -1.45. The predicted octanol–water partition coefficient (Wildman–Crippen LogP) is 3.09. The first-order chi connectivity index (χ1) is 6.52. The van der Waals surface area contributed by atoms with Crippen LogP contribution in [0.3, 0.4) is 0 Å². The maximum atomic E-state index is 13.0. The van der Waals surface area contributed by atoms with Gasteiger partial charge in [0.2, 0.25) is 0 Å². The predicted molar refractivity (Wildman–Crippen MR) is 49.6 cm³/mol. The summed E-state index contributed by atoms with van der Waals surface area (Å²) in [6.07, 6.45) is 0. The lowest BCUT2D eigenvalue weighted by molar-refractivity contribution is 0.449. The molecular formula is C10H10F3N. The maximum absolute atomic E-state index is 13.0. The smallest absolute Gasteiger partial charge is 0.196 e. The van der Waals surface area contributed by atoms with Crippen molar-refractivity contribution in [2.24, 2.45) is 0 Å². The Morgan fingerprint density at radius 2 is 1.93 bits per heavy atom. The summed E-state index contributed by atoms with van der Waals surface area (Å²) in [5.41, 5.74) is 0.709. The third kappa shape index (κ3) is 2.28. The number of nitrogens with one attached hydrogen (secondary N) is 1. The molecule has 76 valence electrons. The lowest BCUT2D eigenvalue weighted by atomic mass is 10.2. The molecule has 0 radical (unpaired) electrons. The molecule has 1 N–H and O–H groups in total. The van der Waals surface area contributed by atoms with Gasteiger partial charge < -0.3 is 5.32 Å². The number of hydrogen-bond acceptors (Lipinski definition) is 1. The second-order valence-corrected chi connectivity index (χ2v) is 3.03. The highest BCUT2D eigenvalue weighted by Gasteiger charge is 2.12. The highest BCUT2D eigenvalue weighted by atomic mass is 19.2. The van der Waals surface area contributed by atoms with Gasteiger partial charge in [-0.15, -0.1) is 0 Å². The number of anilines is 1. The molecule has 1 aromatic carbocycles. The highest BCUT2D eigenvalue weighted by molar-refractivity contribution is 5.46. The normalized spacial score (nSPS) is 10.0. The standard InChI is InChI=1S/C10H10F3N/c1-6(2)5-14-8-4-3-7(11)9(12)10(8)13/h3-4,14H,1,5H2,2H3. The molecule has 0 saturated carbocycles. The topological polar surface area (TPSA) is 12.0 Å². The summed E-state index contributed by atoms with van der Waals surface area (Å²) >= 11 is 0. The Bertz CT molecular complexity index is 361. The van der Waals surface area contributed by atoms with Gasteiger partial charge in [0.15, 0.2) is 17.5 Å². The first-order valence-electron chi connectivity index (χ1n) is 4.04. The number of benzene rings is 1. The third-order valence-corrected chi connectivity index (χ3v) is 1.62. The van der Waals surface area contributed by atoms with Crippen LogP contribution in [0.25, 0.3) is 0 Å². The van der Waals surface area contributed by atoms with Crippen molar-refractivity contribution in [1.29, 1.82) is 0 Å². The molecule has 1 rings (SSSR count). The third-order valence-electron chi connectivity index (χ3n) is 1.62. The molecule has 0 spiro atoms. The van der Waals surface area contributed by atoms with Crippen LogP contribution in [0.2, 0.25) is 0 Å². The van der Waals surface area contributed by atoms with E-state index < -0.39 is 17.5 Å². The van der Waals surface area contributed by atoms with Crippen LogP contribution in [0.1, 0.15) is 6.92 Å². The van der Waals surface area contributed by atoms with E-state index in [4.69, 9.17) is 0 Å². The van der Waals surface area contributed by atoms with Gasteiger partial charge in [-0.1, -0.05) is 12.2 Å². The van der Waals surface area contributed by atoms with Crippen molar-refractivity contribution in [1.82, 2.24) is 0 Å². The zero-order chi connectivity index (χ0) is 10.7. The van der Waals surface area contributed by atoms with Crippen molar-refractivity contribution >= 4 is 5.69 Å². The molecule has 0 aliphatic heterocycles. The summed E-state index contributed by atoms with van der Waals surface area (Å²) < 4.78 is 38.2. The van der Waals surface area contributed by atoms with E-state index in [0.29, 0.717) is 6.54 Å². The van der Waals surface area contributed by atoms with Gasteiger partial charge >= 0.3 is 0 Å². The van der Waals surface area contributed by atoms with Gasteiger partial charge in [0.05, 0.1) is 5.69 Å². The molecular weight excluding hydrogens is 191 g/mol. The highest BCUT2D eigenvalue weighted by Crippen LogP contribution is 2.19. The van der Waals surface area contributed by atoms with Crippen LogP contribution in [-0.4, -0.2) is 6.54 Å². The number of rotatable bonds is 3. The van der Waals surface area contributed by atoms with E-state index in [1.54, 1.807) is 6.92 Å². The van der Waals surface area contributed by atoms with Crippen molar-refractivity contribution in [2.75, 3.05) is 11.9 Å². The van der Waals surface area contributed by atoms with Crippen molar-refractivity contribution in [3.63, 3.8) is 0 Å². The van der Waals surface area contributed by atoms with E-state index >= 15 is 0 Å². The van der Waals surface area contributed by atoms with Gasteiger partial charge in [-0.2, -0.15) is 0 Å². The van der Waals surface area contributed by atoms with Gasteiger partial charge in [-0.25, -0.2) is 13.2 Å². The molecule has 0 saturated heterocycles. The molecule has 0 bridgehead atoms. The quantitative estimate of drug-likeness (QED) is 0.585. The van der Waals surface area contributed by atoms with Crippen molar-refractivity contribution < 1.29 is 13.2 Å². The minimum absolute atomic E-state index is 0.0631. The Balaban J connectivity index is 2.88. The molecule has 0 aliphatic carbocycles. The zero-order valence-corrected chi connectivity index (χ0v) is 7.70. The summed E-state index contributed by atoms with van der Waals surface area (Å²) in [6.45, 7) is 5.65. The van der Waals surface area contributed by atoms with Crippen LogP contribution in [-0.2, 0) is 0 Å². The van der Waals surface area contributed by atoms with Crippen LogP contribution in [0, 0.1) is 17.5 Å². The average Bonchev–Trinajstić information content (AvgIpc) is 2.13. The average molecular weight is 201 g/mol. The van der Waals surface area contributed by atoms with E-state index in [1.807, 2.05) is 0 Å². The van der Waals surface area contributed by atoms with Gasteiger partial charge in [0.25, 0.3) is 0 Å². The molecule has 0 aromatic heterocycles. The van der Waals surface area contributed by atoms with Gasteiger partial charge in [-0.05, 0) is 19.1 Å². The molecule has 0 aliphatic rings. The molecule has 0 amide bonds. The fourth-order valence-electron chi connectivity index (χ4n) is 0.909. The molecule has 4 heteroatoms. The minimum atomic E-state index is -1.46. The zero-order valence-electron chi connectivity index (χ0n) is 7.70. The summed E-state index contributed by atoms with van der Waals surface area (Å²) in [6, 6.07) is 2.02. The van der Waals surface area contributed by atoms with Crippen LogP contribution >= 0.6 is 0 Å². The molecule has 0 fully saturated rings. The van der Waals surface area contributed by atoms with E-state index in [-0.39, 0.29) is 5.69 Å². The SMILES string of the molecule is C=C(C)CNc1ccc(F)c(F)c1F. The molecule has 0 unspecified atom stereocenters. The minimum Gasteiger partial charge on any atom is -0.379 e. The van der Waals surface area contributed by atoms with E-state index in [2.05, 4.69) is 11.9 Å². The summed E-state index contributed by atoms with van der Waals surface area (Å²) in [5, 5.41) is 2.60. The number of halogens is 3. The fraction of sp³-hybridized carbons (Fsp3) is 0.200. The second-order valence-electron chi connectivity index (χ2n) is 3.03. The molecule has 0 atom stereocenters. The monoisotopic (exact) mass is 201 g/mol. The first kappa shape index (κ1) is 10.6. The van der Waals surface area contributed by atoms with E-state index in [9.17, 15) is 13.2 Å². The lowest BCUT2D eigenvalue weighted by Crippen LogP contribution is -2.05. The van der Waals surface area contributed by atoms with Gasteiger partial charge in [-0.3, -0.25) is 0 Å². The van der Waals surface area contributed by atoms with Crippen molar-refractivity contribution in [3.05, 3.63) is 41.7 Å². The Morgan fingerprint density at radius 3 is 2.50 bits per heavy atom. The van der Waals surface area contributed by atoms with Crippen LogP contribution in [0.5, 0.6) is 0 Å². The summed E-state index contributed by atoms with van der Waals surface area (Å²) in [5.74, 6) is -3.86. The summed E-state index contributed by atoms with van der Waals surface area (Å²) in [4.78, 5) is 0. The molecule has 14 heavy (non-hydrogen) atoms. The Morgan fingerprint density at radius 1 is 1.29 bits per heavy atom. The molecule has 1 nitrogen and oxygen atoms in total. The molecule has 0 heterocycles. The van der Waals surface area contributed by atoms with Crippen molar-refractivity contribution in [2.45, 2.75) is 6.92 Å². The first-order valence-corrected chi connectivity index (χ1v) is 4.04. The Kier molecular flexibility index (Phi) is 3.17. The van der Waals surface area contributed by atoms with Crippen LogP contribution < -0.4 is 5.32 Å². The van der Waals surface area contributed by atoms with Crippen LogP contribution in [0.15, 0.2) is 24.3 Å². The van der Waals surface area contributed by atoms with E-state index in [0.717, 1.165) is 17.7 Å². The Labute approximate surface area is 80.2 Å². The largest absolute Gasteiger partial charge is 0.379 e. The molecule has 1 aromatic rings. The van der Waals surface area contributed by atoms with Gasteiger partial charge in [0, 0.05) is 6.54 Å². The summed E-state index contributed by atoms with van der Waals surface area (Å²) in [7, 11) is 0. The van der Waals surface area contributed by atoms with E-state index in [1.165, 1.54) is 0 Å². The van der Waals surface area contributed by atoms with Gasteiger partial charge in [0.1, 0.15) is 0 Å². The maximum Gasteiger partial charge on any atom is 0.196 e. The number of hydrogen-bond donors (Lipinski definition) is 1. The fourth-order valence-corrected chi connectivity index (χ4v) is 0.909.